The Labute approximate surface area is 114 Å². The SMILES string of the molecule is C=CC(C(=O)OCC(C)CC)=C(C)c1ncccn1. The number of allylic oxidation sites excluding steroid dienone is 1. The van der Waals surface area contributed by atoms with E-state index in [1.54, 1.807) is 25.4 Å². The van der Waals surface area contributed by atoms with Crippen LogP contribution in [0.3, 0.4) is 0 Å². The Balaban J connectivity index is 2.87. The minimum atomic E-state index is -0.375. The molecule has 0 bridgehead atoms. The van der Waals surface area contributed by atoms with E-state index in [4.69, 9.17) is 4.74 Å². The Kier molecular flexibility index (Phi) is 5.93. The lowest BCUT2D eigenvalue weighted by molar-refractivity contribution is -0.139. The van der Waals surface area contributed by atoms with E-state index in [1.165, 1.54) is 6.08 Å². The molecular formula is C15H20N2O2. The summed E-state index contributed by atoms with van der Waals surface area (Å²) < 4.78 is 5.27. The third-order valence-electron chi connectivity index (χ3n) is 2.93. The Hall–Kier alpha value is -1.97. The first-order chi connectivity index (χ1) is 9.10. The van der Waals surface area contributed by atoms with Gasteiger partial charge in [0, 0.05) is 18.0 Å². The molecule has 0 amide bonds. The minimum Gasteiger partial charge on any atom is -0.462 e. The quantitative estimate of drug-likeness (QED) is 0.448. The fourth-order valence-electron chi connectivity index (χ4n) is 1.42. The zero-order valence-electron chi connectivity index (χ0n) is 11.7. The molecule has 0 spiro atoms. The number of nitrogens with zero attached hydrogens (tertiary/aromatic N) is 2. The molecule has 102 valence electrons. The number of carbonyl (C=O) groups is 1. The predicted molar refractivity (Wildman–Crippen MR) is 75.2 cm³/mol. The highest BCUT2D eigenvalue weighted by atomic mass is 16.5. The molecule has 4 heteroatoms. The van der Waals surface area contributed by atoms with E-state index in [9.17, 15) is 4.79 Å². The van der Waals surface area contributed by atoms with Gasteiger partial charge in [-0.2, -0.15) is 0 Å². The molecule has 0 aromatic carbocycles. The van der Waals surface area contributed by atoms with Crippen LogP contribution in [0.1, 0.15) is 33.0 Å². The molecule has 0 radical (unpaired) electrons. The number of ether oxygens (including phenoxy) is 1. The summed E-state index contributed by atoms with van der Waals surface area (Å²) in [6.07, 6.45) is 5.74. The minimum absolute atomic E-state index is 0.350. The number of rotatable bonds is 6. The molecule has 0 aliphatic heterocycles. The third-order valence-corrected chi connectivity index (χ3v) is 2.93. The maximum Gasteiger partial charge on any atom is 0.338 e. The van der Waals surface area contributed by atoms with Crippen LogP contribution in [0.5, 0.6) is 0 Å². The van der Waals surface area contributed by atoms with Gasteiger partial charge in [0.1, 0.15) is 0 Å². The number of aromatic nitrogens is 2. The molecule has 1 aromatic heterocycles. The summed E-state index contributed by atoms with van der Waals surface area (Å²) in [7, 11) is 0. The van der Waals surface area contributed by atoms with Gasteiger partial charge in [-0.1, -0.05) is 32.9 Å². The Morgan fingerprint density at radius 3 is 2.63 bits per heavy atom. The van der Waals surface area contributed by atoms with Crippen LogP contribution in [0.15, 0.2) is 36.7 Å². The predicted octanol–water partition coefficient (Wildman–Crippen LogP) is 3.03. The average Bonchev–Trinajstić information content (AvgIpc) is 2.46. The van der Waals surface area contributed by atoms with Crippen molar-refractivity contribution in [3.05, 3.63) is 42.5 Å². The first-order valence-corrected chi connectivity index (χ1v) is 6.38. The second-order valence-electron chi connectivity index (χ2n) is 4.43. The van der Waals surface area contributed by atoms with Gasteiger partial charge in [-0.3, -0.25) is 0 Å². The lowest BCUT2D eigenvalue weighted by Gasteiger charge is -2.11. The molecule has 1 aromatic rings. The van der Waals surface area contributed by atoms with Crippen molar-refractivity contribution in [3.63, 3.8) is 0 Å². The van der Waals surface area contributed by atoms with Gasteiger partial charge in [-0.15, -0.1) is 0 Å². The van der Waals surface area contributed by atoms with Crippen molar-refractivity contribution < 1.29 is 9.53 Å². The largest absolute Gasteiger partial charge is 0.462 e. The molecule has 0 N–H and O–H groups in total. The first-order valence-electron chi connectivity index (χ1n) is 6.38. The highest BCUT2D eigenvalue weighted by Gasteiger charge is 2.14. The molecule has 1 atom stereocenters. The summed E-state index contributed by atoms with van der Waals surface area (Å²) in [6, 6.07) is 1.73. The molecule has 1 rings (SSSR count). The fraction of sp³-hybridized carbons (Fsp3) is 0.400. The summed E-state index contributed by atoms with van der Waals surface area (Å²) in [5, 5.41) is 0. The summed E-state index contributed by atoms with van der Waals surface area (Å²) in [4.78, 5) is 20.2. The van der Waals surface area contributed by atoms with E-state index in [0.717, 1.165) is 6.42 Å². The summed E-state index contributed by atoms with van der Waals surface area (Å²) in [5.41, 5.74) is 1.08. The van der Waals surface area contributed by atoms with Crippen molar-refractivity contribution in [2.75, 3.05) is 6.61 Å². The van der Waals surface area contributed by atoms with Gasteiger partial charge >= 0.3 is 5.97 Å². The van der Waals surface area contributed by atoms with Crippen LogP contribution in [0.25, 0.3) is 5.57 Å². The summed E-state index contributed by atoms with van der Waals surface area (Å²) >= 11 is 0. The maximum absolute atomic E-state index is 12.0. The molecule has 19 heavy (non-hydrogen) atoms. The van der Waals surface area contributed by atoms with E-state index in [1.807, 2.05) is 6.92 Å². The van der Waals surface area contributed by atoms with Crippen LogP contribution in [0.2, 0.25) is 0 Å². The molecule has 1 unspecified atom stereocenters. The molecule has 0 saturated heterocycles. The number of hydrogen-bond acceptors (Lipinski definition) is 4. The second-order valence-corrected chi connectivity index (χ2v) is 4.43. The molecular weight excluding hydrogens is 240 g/mol. The molecule has 0 aliphatic rings. The molecule has 0 saturated carbocycles. The zero-order valence-corrected chi connectivity index (χ0v) is 11.7. The topological polar surface area (TPSA) is 52.1 Å². The van der Waals surface area contributed by atoms with Gasteiger partial charge in [0.2, 0.25) is 0 Å². The standard InChI is InChI=1S/C15H20N2O2/c1-5-11(3)10-19-15(18)13(6-2)12(4)14-16-8-7-9-17-14/h6-9,11H,2,5,10H2,1,3-4H3. The van der Waals surface area contributed by atoms with Crippen molar-refractivity contribution in [2.45, 2.75) is 27.2 Å². The highest BCUT2D eigenvalue weighted by molar-refractivity contribution is 5.99. The van der Waals surface area contributed by atoms with Gasteiger partial charge in [0.05, 0.1) is 12.2 Å². The number of carbonyl (C=O) groups excluding carboxylic acids is 1. The number of esters is 1. The van der Waals surface area contributed by atoms with Crippen LogP contribution in [-0.2, 0) is 9.53 Å². The van der Waals surface area contributed by atoms with E-state index < -0.39 is 0 Å². The van der Waals surface area contributed by atoms with E-state index in [2.05, 4.69) is 23.5 Å². The van der Waals surface area contributed by atoms with E-state index in [-0.39, 0.29) is 5.97 Å². The summed E-state index contributed by atoms with van der Waals surface area (Å²) in [5.74, 6) is 0.487. The monoisotopic (exact) mass is 260 g/mol. The zero-order chi connectivity index (χ0) is 14.3. The van der Waals surface area contributed by atoms with Crippen molar-refractivity contribution in [1.29, 1.82) is 0 Å². The van der Waals surface area contributed by atoms with Crippen LogP contribution in [0.4, 0.5) is 0 Å². The van der Waals surface area contributed by atoms with Crippen molar-refractivity contribution in [2.24, 2.45) is 5.92 Å². The fourth-order valence-corrected chi connectivity index (χ4v) is 1.42. The third kappa shape index (κ3) is 4.32. The van der Waals surface area contributed by atoms with Crippen molar-refractivity contribution in [3.8, 4) is 0 Å². The molecule has 0 aliphatic carbocycles. The first kappa shape index (κ1) is 15.1. The van der Waals surface area contributed by atoms with Crippen LogP contribution in [0, 0.1) is 5.92 Å². The van der Waals surface area contributed by atoms with E-state index >= 15 is 0 Å². The lowest BCUT2D eigenvalue weighted by Crippen LogP contribution is -2.13. The average molecular weight is 260 g/mol. The number of hydrogen-bond donors (Lipinski definition) is 0. The molecule has 1 heterocycles. The second kappa shape index (κ2) is 7.46. The highest BCUT2D eigenvalue weighted by Crippen LogP contribution is 2.16. The smallest absolute Gasteiger partial charge is 0.338 e. The normalized spacial score (nSPS) is 13.4. The van der Waals surface area contributed by atoms with Crippen molar-refractivity contribution >= 4 is 11.5 Å². The Morgan fingerprint density at radius 2 is 2.11 bits per heavy atom. The van der Waals surface area contributed by atoms with Gasteiger partial charge in [-0.25, -0.2) is 14.8 Å². The van der Waals surface area contributed by atoms with Gasteiger partial charge in [-0.05, 0) is 18.9 Å². The van der Waals surface area contributed by atoms with Gasteiger partial charge < -0.3 is 4.74 Å². The van der Waals surface area contributed by atoms with Crippen molar-refractivity contribution in [1.82, 2.24) is 9.97 Å². The van der Waals surface area contributed by atoms with Crippen LogP contribution >= 0.6 is 0 Å². The summed E-state index contributed by atoms with van der Waals surface area (Å²) in [6.45, 7) is 9.96. The van der Waals surface area contributed by atoms with Crippen LogP contribution in [-0.4, -0.2) is 22.5 Å². The Morgan fingerprint density at radius 1 is 1.47 bits per heavy atom. The molecule has 0 fully saturated rings. The van der Waals surface area contributed by atoms with Gasteiger partial charge in [0.25, 0.3) is 0 Å². The van der Waals surface area contributed by atoms with E-state index in [0.29, 0.717) is 29.5 Å². The lowest BCUT2D eigenvalue weighted by atomic mass is 10.1. The van der Waals surface area contributed by atoms with Gasteiger partial charge in [0.15, 0.2) is 5.82 Å². The Bertz CT molecular complexity index is 466. The maximum atomic E-state index is 12.0. The van der Waals surface area contributed by atoms with Crippen LogP contribution < -0.4 is 0 Å². The molecule has 4 nitrogen and oxygen atoms in total.